The van der Waals surface area contributed by atoms with Gasteiger partial charge in [-0.3, -0.25) is 4.90 Å². The van der Waals surface area contributed by atoms with Crippen LogP contribution in [0.4, 0.5) is 0 Å². The zero-order valence-electron chi connectivity index (χ0n) is 15.4. The first-order valence-corrected chi connectivity index (χ1v) is 8.85. The molecule has 2 N–H and O–H groups in total. The molecule has 6 nitrogen and oxygen atoms in total. The van der Waals surface area contributed by atoms with E-state index in [1.807, 2.05) is 30.3 Å². The van der Waals surface area contributed by atoms with Gasteiger partial charge in [-0.05, 0) is 29.8 Å². The maximum Gasteiger partial charge on any atom is 0.191 e. The second kappa shape index (κ2) is 7.16. The number of nitrogens with zero attached hydrogens (tertiary/aromatic N) is 4. The first-order valence-electron chi connectivity index (χ1n) is 8.85. The van der Waals surface area contributed by atoms with Crippen LogP contribution < -0.4 is 10.5 Å². The van der Waals surface area contributed by atoms with Gasteiger partial charge in [-0.1, -0.05) is 25.1 Å². The standard InChI is InChI=1S/C21H21N5O/c1-3-26-9-8-16-17(10-22)20(25)21(12-23,13-24)19(18(16)11-26)14-4-6-15(27-2)7-5-14/h4-8,18-19H,3,9,11,25H2,1-2H3/t18-,19-/m0/s1. The lowest BCUT2D eigenvalue weighted by Gasteiger charge is -2.45. The minimum atomic E-state index is -1.58. The predicted octanol–water partition coefficient (Wildman–Crippen LogP) is 2.44. The van der Waals surface area contributed by atoms with Crippen molar-refractivity contribution in [2.24, 2.45) is 17.1 Å². The van der Waals surface area contributed by atoms with Crippen molar-refractivity contribution in [1.82, 2.24) is 4.90 Å². The molecule has 1 heterocycles. The Hall–Kier alpha value is -3.27. The minimum Gasteiger partial charge on any atom is -0.497 e. The van der Waals surface area contributed by atoms with Crippen molar-refractivity contribution in [3.63, 3.8) is 0 Å². The molecule has 0 saturated carbocycles. The van der Waals surface area contributed by atoms with E-state index >= 15 is 0 Å². The highest BCUT2D eigenvalue weighted by molar-refractivity contribution is 5.59. The Balaban J connectivity index is 2.27. The van der Waals surface area contributed by atoms with Gasteiger partial charge in [0.25, 0.3) is 0 Å². The van der Waals surface area contributed by atoms with Crippen LogP contribution in [0.3, 0.4) is 0 Å². The van der Waals surface area contributed by atoms with E-state index in [0.717, 1.165) is 24.2 Å². The molecule has 0 fully saturated rings. The van der Waals surface area contributed by atoms with Crippen LogP contribution in [0.25, 0.3) is 0 Å². The highest BCUT2D eigenvalue weighted by Crippen LogP contribution is 2.54. The molecule has 1 aliphatic carbocycles. The summed E-state index contributed by atoms with van der Waals surface area (Å²) in [7, 11) is 1.59. The predicted molar refractivity (Wildman–Crippen MR) is 99.9 cm³/mol. The Kier molecular flexibility index (Phi) is 4.91. The van der Waals surface area contributed by atoms with E-state index in [0.29, 0.717) is 12.3 Å². The maximum absolute atomic E-state index is 10.0. The molecule has 0 saturated heterocycles. The van der Waals surface area contributed by atoms with Gasteiger partial charge >= 0.3 is 0 Å². The fraction of sp³-hybridized carbons (Fsp3) is 0.381. The highest BCUT2D eigenvalue weighted by Gasteiger charge is 2.54. The van der Waals surface area contributed by atoms with Crippen LogP contribution in [0.1, 0.15) is 18.4 Å². The van der Waals surface area contributed by atoms with E-state index in [-0.39, 0.29) is 17.2 Å². The number of hydrogen-bond acceptors (Lipinski definition) is 6. The molecule has 1 aromatic carbocycles. The Morgan fingerprint density at radius 3 is 2.41 bits per heavy atom. The molecule has 0 radical (unpaired) electrons. The smallest absolute Gasteiger partial charge is 0.191 e. The molecule has 0 amide bonds. The maximum atomic E-state index is 10.0. The van der Waals surface area contributed by atoms with Crippen LogP contribution >= 0.6 is 0 Å². The number of ether oxygens (including phenoxy) is 1. The summed E-state index contributed by atoms with van der Waals surface area (Å²) >= 11 is 0. The number of hydrogen-bond donors (Lipinski definition) is 1. The molecule has 2 aliphatic rings. The van der Waals surface area contributed by atoms with Gasteiger partial charge in [0.1, 0.15) is 11.8 Å². The van der Waals surface area contributed by atoms with E-state index < -0.39 is 11.3 Å². The van der Waals surface area contributed by atoms with E-state index in [4.69, 9.17) is 10.5 Å². The van der Waals surface area contributed by atoms with Crippen molar-refractivity contribution in [2.45, 2.75) is 12.8 Å². The third-order valence-corrected chi connectivity index (χ3v) is 5.66. The zero-order valence-corrected chi connectivity index (χ0v) is 15.4. The van der Waals surface area contributed by atoms with E-state index in [1.165, 1.54) is 0 Å². The van der Waals surface area contributed by atoms with E-state index in [2.05, 4.69) is 30.0 Å². The number of nitriles is 3. The molecular formula is C21H21N5O. The van der Waals surface area contributed by atoms with E-state index in [1.54, 1.807) is 7.11 Å². The number of allylic oxidation sites excluding steroid dienone is 2. The van der Waals surface area contributed by atoms with Crippen molar-refractivity contribution in [2.75, 3.05) is 26.7 Å². The van der Waals surface area contributed by atoms with Crippen molar-refractivity contribution >= 4 is 0 Å². The number of likely N-dealkylation sites (N-methyl/N-ethyl adjacent to an activating group) is 1. The Labute approximate surface area is 159 Å². The second-order valence-corrected chi connectivity index (χ2v) is 6.80. The fourth-order valence-electron chi connectivity index (χ4n) is 4.19. The monoisotopic (exact) mass is 359 g/mol. The van der Waals surface area contributed by atoms with Crippen molar-refractivity contribution in [3.05, 3.63) is 52.7 Å². The van der Waals surface area contributed by atoms with Gasteiger partial charge in [0, 0.05) is 24.9 Å². The summed E-state index contributed by atoms with van der Waals surface area (Å²) in [6, 6.07) is 13.8. The first-order chi connectivity index (χ1) is 13.1. The molecule has 0 unspecified atom stereocenters. The Bertz CT molecular complexity index is 909. The van der Waals surface area contributed by atoms with Gasteiger partial charge < -0.3 is 10.5 Å². The largest absolute Gasteiger partial charge is 0.497 e. The van der Waals surface area contributed by atoms with Crippen LogP contribution in [0.5, 0.6) is 5.75 Å². The van der Waals surface area contributed by atoms with Crippen LogP contribution in [0, 0.1) is 45.3 Å². The van der Waals surface area contributed by atoms with Crippen LogP contribution in [-0.2, 0) is 0 Å². The molecule has 1 aliphatic heterocycles. The fourth-order valence-corrected chi connectivity index (χ4v) is 4.19. The number of rotatable bonds is 3. The minimum absolute atomic E-state index is 0.0586. The van der Waals surface area contributed by atoms with Gasteiger partial charge in [0.15, 0.2) is 5.41 Å². The summed E-state index contributed by atoms with van der Waals surface area (Å²) in [5.41, 5.74) is 6.72. The third kappa shape index (κ3) is 2.74. The molecule has 0 bridgehead atoms. The highest BCUT2D eigenvalue weighted by atomic mass is 16.5. The molecule has 27 heavy (non-hydrogen) atoms. The van der Waals surface area contributed by atoms with Crippen LogP contribution in [0.15, 0.2) is 47.2 Å². The summed E-state index contributed by atoms with van der Waals surface area (Å²) in [5, 5.41) is 29.7. The number of nitrogens with two attached hydrogens (primary N) is 1. The first kappa shape index (κ1) is 18.5. The summed E-state index contributed by atoms with van der Waals surface area (Å²) < 4.78 is 5.23. The average molecular weight is 359 g/mol. The van der Waals surface area contributed by atoms with Gasteiger partial charge in [-0.25, -0.2) is 0 Å². The number of fused-ring (bicyclic) bond motifs is 1. The third-order valence-electron chi connectivity index (χ3n) is 5.66. The lowest BCUT2D eigenvalue weighted by atomic mass is 9.58. The average Bonchev–Trinajstić information content (AvgIpc) is 2.73. The quantitative estimate of drug-likeness (QED) is 0.887. The summed E-state index contributed by atoms with van der Waals surface area (Å²) in [4.78, 5) is 2.24. The molecule has 6 heteroatoms. The second-order valence-electron chi connectivity index (χ2n) is 6.80. The topological polar surface area (TPSA) is 110 Å². The molecule has 136 valence electrons. The van der Waals surface area contributed by atoms with Crippen molar-refractivity contribution in [3.8, 4) is 24.0 Å². The van der Waals surface area contributed by atoms with Gasteiger partial charge in [-0.2, -0.15) is 15.8 Å². The van der Waals surface area contributed by atoms with Crippen LogP contribution in [0.2, 0.25) is 0 Å². The zero-order chi connectivity index (χ0) is 19.6. The molecule has 3 rings (SSSR count). The van der Waals surface area contributed by atoms with E-state index in [9.17, 15) is 15.8 Å². The molecule has 0 aromatic heterocycles. The molecule has 2 atom stereocenters. The molecular weight excluding hydrogens is 338 g/mol. The SMILES string of the molecule is CCN1CC=C2C(C#N)=C(N)C(C#N)(C#N)[C@@H](c3ccc(OC)cc3)[C@H]2C1. The normalized spacial score (nSPS) is 24.0. The van der Waals surface area contributed by atoms with Crippen molar-refractivity contribution < 1.29 is 4.74 Å². The lowest BCUT2D eigenvalue weighted by Crippen LogP contribution is -2.48. The summed E-state index contributed by atoms with van der Waals surface area (Å²) in [5.74, 6) is 0.0781. The summed E-state index contributed by atoms with van der Waals surface area (Å²) in [6.07, 6.45) is 2.01. The van der Waals surface area contributed by atoms with Gasteiger partial charge in [0.2, 0.25) is 0 Å². The van der Waals surface area contributed by atoms with Gasteiger partial charge in [-0.15, -0.1) is 0 Å². The Morgan fingerprint density at radius 1 is 1.22 bits per heavy atom. The number of benzene rings is 1. The molecule has 1 aromatic rings. The van der Waals surface area contributed by atoms with Crippen molar-refractivity contribution in [1.29, 1.82) is 15.8 Å². The number of methoxy groups -OCH3 is 1. The lowest BCUT2D eigenvalue weighted by molar-refractivity contribution is 0.214. The summed E-state index contributed by atoms with van der Waals surface area (Å²) in [6.45, 7) is 4.31. The Morgan fingerprint density at radius 2 is 1.89 bits per heavy atom. The molecule has 0 spiro atoms. The van der Waals surface area contributed by atoms with Gasteiger partial charge in [0.05, 0.1) is 30.5 Å². The van der Waals surface area contributed by atoms with Crippen LogP contribution in [-0.4, -0.2) is 31.6 Å².